The molecule has 0 saturated heterocycles. The monoisotopic (exact) mass is 457 g/mol. The van der Waals surface area contributed by atoms with Gasteiger partial charge in [0.1, 0.15) is 5.75 Å². The van der Waals surface area contributed by atoms with E-state index in [1.807, 2.05) is 18.2 Å². The van der Waals surface area contributed by atoms with E-state index in [4.69, 9.17) is 28.6 Å². The van der Waals surface area contributed by atoms with Gasteiger partial charge in [-0.05, 0) is 80.2 Å². The van der Waals surface area contributed by atoms with Crippen LogP contribution in [-0.4, -0.2) is 36.3 Å². The minimum absolute atomic E-state index is 0.466. The highest BCUT2D eigenvalue weighted by molar-refractivity contribution is 7.80. The molecular weight excluding hydrogens is 426 g/mol. The van der Waals surface area contributed by atoms with Gasteiger partial charge >= 0.3 is 0 Å². The number of halogens is 1. The Bertz CT molecular complexity index is 929. The summed E-state index contributed by atoms with van der Waals surface area (Å²) in [5.41, 5.74) is 5.00. The van der Waals surface area contributed by atoms with E-state index in [0.29, 0.717) is 11.1 Å². The number of ether oxygens (including phenoxy) is 1. The number of hydrogen-bond acceptors (Lipinski definition) is 3. The molecule has 166 valence electrons. The summed E-state index contributed by atoms with van der Waals surface area (Å²) in [4.78, 5) is 4.85. The number of rotatable bonds is 6. The lowest BCUT2D eigenvalue weighted by atomic mass is 9.99. The van der Waals surface area contributed by atoms with E-state index < -0.39 is 0 Å². The van der Waals surface area contributed by atoms with Crippen LogP contribution in [-0.2, 0) is 13.0 Å². The van der Waals surface area contributed by atoms with Gasteiger partial charge in [-0.15, -0.1) is 0 Å². The second-order valence-corrected chi connectivity index (χ2v) is 9.31. The van der Waals surface area contributed by atoms with Gasteiger partial charge in [-0.3, -0.25) is 0 Å². The molecule has 0 bridgehead atoms. The Morgan fingerprint density at radius 1 is 1.19 bits per heavy atom. The van der Waals surface area contributed by atoms with Crippen molar-refractivity contribution in [3.05, 3.63) is 52.5 Å². The number of methoxy groups -OCH3 is 1. The average Bonchev–Trinajstić information content (AvgIpc) is 3.31. The third kappa shape index (κ3) is 5.09. The summed E-state index contributed by atoms with van der Waals surface area (Å²) in [6.07, 6.45) is 7.28. The molecular formula is C25H32ClN3OS. The molecule has 6 heteroatoms. The first-order chi connectivity index (χ1) is 15.1. The standard InChI is InChI=1S/C25H32ClN3OS/c1-3-28-14-6-7-19-15-18(10-12-23(19)28)17-29(21-8-4-5-9-21)25(31)27-22-16-20(26)11-13-24(22)30-2/h10-13,15-16,21H,3-9,14,17H2,1-2H3,(H,27,31). The van der Waals surface area contributed by atoms with Crippen LogP contribution in [0.4, 0.5) is 11.4 Å². The molecule has 1 fully saturated rings. The third-order valence-electron chi connectivity index (χ3n) is 6.52. The van der Waals surface area contributed by atoms with Gasteiger partial charge in [0.2, 0.25) is 0 Å². The average molecular weight is 458 g/mol. The highest BCUT2D eigenvalue weighted by Gasteiger charge is 2.26. The van der Waals surface area contributed by atoms with Crippen LogP contribution in [0.3, 0.4) is 0 Å². The molecule has 2 aromatic carbocycles. The molecule has 1 aliphatic heterocycles. The molecule has 0 unspecified atom stereocenters. The third-order valence-corrected chi connectivity index (χ3v) is 7.09. The van der Waals surface area contributed by atoms with E-state index in [-0.39, 0.29) is 0 Å². The quantitative estimate of drug-likeness (QED) is 0.516. The van der Waals surface area contributed by atoms with Crippen molar-refractivity contribution in [3.8, 4) is 5.75 Å². The number of fused-ring (bicyclic) bond motifs is 1. The maximum atomic E-state index is 6.23. The van der Waals surface area contributed by atoms with Crippen molar-refractivity contribution < 1.29 is 4.74 Å². The lowest BCUT2D eigenvalue weighted by molar-refractivity contribution is 0.312. The predicted molar refractivity (Wildman–Crippen MR) is 135 cm³/mol. The van der Waals surface area contributed by atoms with E-state index in [1.54, 1.807) is 7.11 Å². The summed E-state index contributed by atoms with van der Waals surface area (Å²) in [7, 11) is 1.67. The number of nitrogens with zero attached hydrogens (tertiary/aromatic N) is 2. The van der Waals surface area contributed by atoms with Gasteiger partial charge in [0, 0.05) is 36.4 Å². The van der Waals surface area contributed by atoms with Crippen LogP contribution in [0.15, 0.2) is 36.4 Å². The Balaban J connectivity index is 1.56. The van der Waals surface area contributed by atoms with E-state index >= 15 is 0 Å². The maximum Gasteiger partial charge on any atom is 0.174 e. The summed E-state index contributed by atoms with van der Waals surface area (Å²) < 4.78 is 5.50. The Kier molecular flexibility index (Phi) is 7.24. The van der Waals surface area contributed by atoms with Crippen LogP contribution in [0.25, 0.3) is 0 Å². The summed E-state index contributed by atoms with van der Waals surface area (Å²) in [5, 5.41) is 4.81. The molecule has 1 saturated carbocycles. The molecule has 0 aromatic heterocycles. The van der Waals surface area contributed by atoms with E-state index in [1.165, 1.54) is 48.9 Å². The minimum Gasteiger partial charge on any atom is -0.495 e. The molecule has 2 aromatic rings. The Morgan fingerprint density at radius 2 is 2.00 bits per heavy atom. The van der Waals surface area contributed by atoms with Crippen LogP contribution in [0, 0.1) is 0 Å². The van der Waals surface area contributed by atoms with Crippen molar-refractivity contribution >= 4 is 40.3 Å². The van der Waals surface area contributed by atoms with Gasteiger partial charge in [0.05, 0.1) is 12.8 Å². The topological polar surface area (TPSA) is 27.7 Å². The smallest absolute Gasteiger partial charge is 0.174 e. The first-order valence-corrected chi connectivity index (χ1v) is 12.2. The van der Waals surface area contributed by atoms with E-state index in [0.717, 1.165) is 42.6 Å². The molecule has 4 rings (SSSR count). The number of anilines is 2. The molecule has 4 nitrogen and oxygen atoms in total. The van der Waals surface area contributed by atoms with Crippen LogP contribution in [0.2, 0.25) is 5.02 Å². The zero-order chi connectivity index (χ0) is 21.8. The van der Waals surface area contributed by atoms with Crippen molar-refractivity contribution in [2.45, 2.75) is 58.0 Å². The molecule has 1 heterocycles. The lowest BCUT2D eigenvalue weighted by Crippen LogP contribution is -2.41. The van der Waals surface area contributed by atoms with Crippen LogP contribution in [0.1, 0.15) is 50.2 Å². The number of thiocarbonyl (C=S) groups is 1. The maximum absolute atomic E-state index is 6.23. The van der Waals surface area contributed by atoms with Crippen molar-refractivity contribution in [2.75, 3.05) is 30.4 Å². The Hall–Kier alpha value is -1.98. The van der Waals surface area contributed by atoms with Crippen LogP contribution < -0.4 is 15.0 Å². The number of nitrogens with one attached hydrogen (secondary N) is 1. The van der Waals surface area contributed by atoms with Crippen LogP contribution in [0.5, 0.6) is 5.75 Å². The molecule has 0 spiro atoms. The van der Waals surface area contributed by atoms with Gasteiger partial charge < -0.3 is 19.9 Å². The summed E-state index contributed by atoms with van der Waals surface area (Å²) in [5.74, 6) is 0.742. The fourth-order valence-electron chi connectivity index (χ4n) is 4.90. The van der Waals surface area contributed by atoms with Crippen LogP contribution >= 0.6 is 23.8 Å². The SMILES string of the molecule is CCN1CCCc2cc(CN(C(=S)Nc3cc(Cl)ccc3OC)C3CCCC3)ccc21. The predicted octanol–water partition coefficient (Wildman–Crippen LogP) is 6.26. The molecule has 31 heavy (non-hydrogen) atoms. The Morgan fingerprint density at radius 3 is 2.74 bits per heavy atom. The van der Waals surface area contributed by atoms with Crippen molar-refractivity contribution in [1.29, 1.82) is 0 Å². The number of aryl methyl sites for hydroxylation is 1. The molecule has 2 aliphatic rings. The summed E-state index contributed by atoms with van der Waals surface area (Å²) >= 11 is 12.1. The second-order valence-electron chi connectivity index (χ2n) is 8.49. The first-order valence-electron chi connectivity index (χ1n) is 11.4. The van der Waals surface area contributed by atoms with Gasteiger partial charge in [0.25, 0.3) is 0 Å². The van der Waals surface area contributed by atoms with Gasteiger partial charge in [0.15, 0.2) is 5.11 Å². The molecule has 0 atom stereocenters. The van der Waals surface area contributed by atoms with Crippen molar-refractivity contribution in [2.24, 2.45) is 0 Å². The molecule has 0 amide bonds. The van der Waals surface area contributed by atoms with Crippen molar-refractivity contribution in [1.82, 2.24) is 4.90 Å². The zero-order valence-electron chi connectivity index (χ0n) is 18.5. The first kappa shape index (κ1) is 22.2. The zero-order valence-corrected chi connectivity index (χ0v) is 20.1. The van der Waals surface area contributed by atoms with Gasteiger partial charge in [-0.1, -0.05) is 36.6 Å². The number of hydrogen-bond donors (Lipinski definition) is 1. The normalized spacial score (nSPS) is 16.2. The fraction of sp³-hybridized carbons (Fsp3) is 0.480. The van der Waals surface area contributed by atoms with Gasteiger partial charge in [-0.2, -0.15) is 0 Å². The largest absolute Gasteiger partial charge is 0.495 e. The number of benzene rings is 2. The Labute approximate surface area is 196 Å². The molecule has 1 N–H and O–H groups in total. The molecule has 0 radical (unpaired) electrons. The van der Waals surface area contributed by atoms with E-state index in [2.05, 4.69) is 40.2 Å². The highest BCUT2D eigenvalue weighted by atomic mass is 35.5. The van der Waals surface area contributed by atoms with Crippen molar-refractivity contribution in [3.63, 3.8) is 0 Å². The lowest BCUT2D eigenvalue weighted by Gasteiger charge is -2.34. The van der Waals surface area contributed by atoms with Gasteiger partial charge in [-0.25, -0.2) is 0 Å². The second kappa shape index (κ2) is 10.1. The summed E-state index contributed by atoms with van der Waals surface area (Å²) in [6, 6.07) is 13.0. The molecule has 1 aliphatic carbocycles. The van der Waals surface area contributed by atoms with E-state index in [9.17, 15) is 0 Å². The minimum atomic E-state index is 0.466. The fourth-order valence-corrected chi connectivity index (χ4v) is 5.40. The highest BCUT2D eigenvalue weighted by Crippen LogP contribution is 2.32. The summed E-state index contributed by atoms with van der Waals surface area (Å²) in [6.45, 7) is 5.28.